The molecule has 2 aromatic rings. The first kappa shape index (κ1) is 28.8. The van der Waals surface area contributed by atoms with Gasteiger partial charge in [-0.05, 0) is 55.4 Å². The topological polar surface area (TPSA) is 127 Å². The summed E-state index contributed by atoms with van der Waals surface area (Å²) in [4.78, 5) is 24.6. The molecule has 0 aliphatic carbocycles. The van der Waals surface area contributed by atoms with Crippen LogP contribution in [0.25, 0.3) is 0 Å². The molecule has 2 aromatic carbocycles. The van der Waals surface area contributed by atoms with Crippen molar-refractivity contribution in [3.63, 3.8) is 0 Å². The van der Waals surface area contributed by atoms with E-state index in [0.717, 1.165) is 38.2 Å². The van der Waals surface area contributed by atoms with Crippen molar-refractivity contribution in [1.29, 1.82) is 0 Å². The number of piperazine rings is 1. The van der Waals surface area contributed by atoms with Gasteiger partial charge in [-0.2, -0.15) is 13.2 Å². The van der Waals surface area contributed by atoms with E-state index in [1.807, 2.05) is 4.90 Å². The van der Waals surface area contributed by atoms with Gasteiger partial charge in [-0.1, -0.05) is 6.92 Å². The molecule has 0 amide bonds. The number of carboxylic acid groups (broad SMARTS) is 2. The minimum atomic E-state index is -5.08. The second-order valence-electron chi connectivity index (χ2n) is 7.73. The van der Waals surface area contributed by atoms with Crippen LogP contribution in [-0.4, -0.2) is 74.4 Å². The summed E-state index contributed by atoms with van der Waals surface area (Å²) in [6, 6.07) is 8.88. The predicted molar refractivity (Wildman–Crippen MR) is 123 cm³/mol. The maximum absolute atomic E-state index is 13.1. The molecule has 198 valence electrons. The molecule has 1 aliphatic heterocycles. The third-order valence-electron chi connectivity index (χ3n) is 5.11. The molecule has 1 saturated heterocycles. The fraction of sp³-hybridized carbons (Fsp3) is 0.364. The number of carboxylic acids is 2. The van der Waals surface area contributed by atoms with Crippen molar-refractivity contribution in [3.05, 3.63) is 53.8 Å². The van der Waals surface area contributed by atoms with E-state index >= 15 is 0 Å². The molecule has 0 saturated carbocycles. The number of aliphatic carboxylic acids is 1. The van der Waals surface area contributed by atoms with Crippen LogP contribution in [0.15, 0.2) is 47.4 Å². The van der Waals surface area contributed by atoms with Crippen LogP contribution < -0.4 is 9.62 Å². The van der Waals surface area contributed by atoms with Gasteiger partial charge in [0.05, 0.1) is 21.8 Å². The monoisotopic (exact) mass is 535 g/mol. The smallest absolute Gasteiger partial charge is 0.478 e. The highest BCUT2D eigenvalue weighted by Crippen LogP contribution is 2.30. The minimum Gasteiger partial charge on any atom is -0.478 e. The number of benzene rings is 2. The number of halogens is 4. The molecule has 1 aliphatic rings. The normalized spacial score (nSPS) is 14.5. The van der Waals surface area contributed by atoms with Gasteiger partial charge in [0, 0.05) is 26.2 Å². The highest BCUT2D eigenvalue weighted by molar-refractivity contribution is 7.92. The van der Waals surface area contributed by atoms with E-state index in [-0.39, 0.29) is 16.1 Å². The molecule has 1 heterocycles. The molecular weight excluding hydrogens is 510 g/mol. The Balaban J connectivity index is 0.000000572. The SMILES string of the molecule is CCCN1CCN(c2ccc(C(=O)O)cc2NS(=O)(=O)c2ccc(F)cc2)CC1.O=C(O)C(F)(F)F. The average molecular weight is 536 g/mol. The predicted octanol–water partition coefficient (Wildman–Crippen LogP) is 3.49. The first-order chi connectivity index (χ1) is 16.7. The molecule has 14 heteroatoms. The maximum atomic E-state index is 13.1. The first-order valence-electron chi connectivity index (χ1n) is 10.7. The number of carbonyl (C=O) groups is 2. The van der Waals surface area contributed by atoms with Gasteiger partial charge in [0.25, 0.3) is 10.0 Å². The lowest BCUT2D eigenvalue weighted by Crippen LogP contribution is -2.46. The Morgan fingerprint density at radius 3 is 2.03 bits per heavy atom. The number of rotatable bonds is 7. The van der Waals surface area contributed by atoms with E-state index in [1.165, 1.54) is 24.3 Å². The highest BCUT2D eigenvalue weighted by Gasteiger charge is 2.38. The summed E-state index contributed by atoms with van der Waals surface area (Å²) >= 11 is 0. The summed E-state index contributed by atoms with van der Waals surface area (Å²) in [6.45, 7) is 6.24. The Morgan fingerprint density at radius 2 is 1.56 bits per heavy atom. The summed E-state index contributed by atoms with van der Waals surface area (Å²) in [5.74, 6) is -4.44. The molecule has 0 unspecified atom stereocenters. The maximum Gasteiger partial charge on any atom is 0.490 e. The molecule has 0 bridgehead atoms. The summed E-state index contributed by atoms with van der Waals surface area (Å²) in [6.07, 6.45) is -4.02. The lowest BCUT2D eigenvalue weighted by molar-refractivity contribution is -0.192. The Bertz CT molecular complexity index is 1170. The molecule has 0 spiro atoms. The number of sulfonamides is 1. The first-order valence-corrected chi connectivity index (χ1v) is 12.2. The van der Waals surface area contributed by atoms with Crippen LogP contribution in [0.4, 0.5) is 28.9 Å². The number of alkyl halides is 3. The van der Waals surface area contributed by atoms with Crippen molar-refractivity contribution in [2.24, 2.45) is 0 Å². The second kappa shape index (κ2) is 12.0. The van der Waals surface area contributed by atoms with Crippen molar-refractivity contribution in [3.8, 4) is 0 Å². The van der Waals surface area contributed by atoms with Crippen molar-refractivity contribution in [2.75, 3.05) is 42.3 Å². The largest absolute Gasteiger partial charge is 0.490 e. The molecule has 3 N–H and O–H groups in total. The molecule has 1 fully saturated rings. The second-order valence-corrected chi connectivity index (χ2v) is 9.41. The van der Waals surface area contributed by atoms with E-state index in [4.69, 9.17) is 9.90 Å². The molecule has 36 heavy (non-hydrogen) atoms. The van der Waals surface area contributed by atoms with Crippen LogP contribution in [0.1, 0.15) is 23.7 Å². The van der Waals surface area contributed by atoms with Crippen molar-refractivity contribution >= 4 is 33.3 Å². The van der Waals surface area contributed by atoms with Gasteiger partial charge in [0.1, 0.15) is 5.82 Å². The number of nitrogens with one attached hydrogen (secondary N) is 1. The average Bonchev–Trinajstić information content (AvgIpc) is 2.79. The Hall–Kier alpha value is -3.39. The number of hydrogen-bond donors (Lipinski definition) is 3. The van der Waals surface area contributed by atoms with Gasteiger partial charge in [-0.15, -0.1) is 0 Å². The van der Waals surface area contributed by atoms with Gasteiger partial charge in [-0.25, -0.2) is 22.4 Å². The third-order valence-corrected chi connectivity index (χ3v) is 6.49. The molecule has 9 nitrogen and oxygen atoms in total. The van der Waals surface area contributed by atoms with E-state index < -0.39 is 34.0 Å². The quantitative estimate of drug-likeness (QED) is 0.460. The van der Waals surface area contributed by atoms with E-state index in [0.29, 0.717) is 18.8 Å². The standard InChI is InChI=1S/C20H24FN3O4S.C2HF3O2/c1-2-9-23-10-12-24(13-11-23)19-8-3-15(20(25)26)14-18(19)22-29(27,28)17-6-4-16(21)5-7-17;3-2(4,5)1(6)7/h3-8,14,22H,2,9-13H2,1H3,(H,25,26);(H,6,7). The van der Waals surface area contributed by atoms with Gasteiger partial charge in [0.2, 0.25) is 0 Å². The fourth-order valence-electron chi connectivity index (χ4n) is 3.37. The lowest BCUT2D eigenvalue weighted by atomic mass is 10.1. The minimum absolute atomic E-state index is 0.0184. The summed E-state index contributed by atoms with van der Waals surface area (Å²) < 4.78 is 72.9. The number of nitrogens with zero attached hydrogens (tertiary/aromatic N) is 2. The Morgan fingerprint density at radius 1 is 1.00 bits per heavy atom. The summed E-state index contributed by atoms with van der Waals surface area (Å²) in [7, 11) is -4.00. The summed E-state index contributed by atoms with van der Waals surface area (Å²) in [5, 5.41) is 16.4. The van der Waals surface area contributed by atoms with Crippen LogP contribution >= 0.6 is 0 Å². The van der Waals surface area contributed by atoms with Crippen LogP contribution in [0, 0.1) is 5.82 Å². The van der Waals surface area contributed by atoms with Crippen LogP contribution in [0.5, 0.6) is 0 Å². The van der Waals surface area contributed by atoms with Crippen LogP contribution in [0.2, 0.25) is 0 Å². The molecular formula is C22H25F4N3O6S. The van der Waals surface area contributed by atoms with E-state index in [2.05, 4.69) is 16.5 Å². The molecule has 0 radical (unpaired) electrons. The summed E-state index contributed by atoms with van der Waals surface area (Å²) in [5.41, 5.74) is 0.796. The van der Waals surface area contributed by atoms with Gasteiger partial charge >= 0.3 is 18.1 Å². The third kappa shape index (κ3) is 8.09. The van der Waals surface area contributed by atoms with Gasteiger partial charge < -0.3 is 15.1 Å². The number of aromatic carboxylic acids is 1. The van der Waals surface area contributed by atoms with Gasteiger partial charge in [0.15, 0.2) is 0 Å². The zero-order valence-corrected chi connectivity index (χ0v) is 19.9. The molecule has 0 atom stereocenters. The van der Waals surface area contributed by atoms with E-state index in [9.17, 15) is 35.9 Å². The lowest BCUT2D eigenvalue weighted by Gasteiger charge is -2.37. The number of hydrogen-bond acceptors (Lipinski definition) is 6. The number of anilines is 2. The van der Waals surface area contributed by atoms with E-state index in [1.54, 1.807) is 6.07 Å². The highest BCUT2D eigenvalue weighted by atomic mass is 32.2. The molecule has 3 rings (SSSR count). The fourth-order valence-corrected chi connectivity index (χ4v) is 4.44. The zero-order chi connectivity index (χ0) is 27.1. The molecule has 0 aromatic heterocycles. The van der Waals surface area contributed by atoms with Gasteiger partial charge in [-0.3, -0.25) is 9.62 Å². The van der Waals surface area contributed by atoms with Crippen LogP contribution in [0.3, 0.4) is 0 Å². The zero-order valence-electron chi connectivity index (χ0n) is 19.1. The van der Waals surface area contributed by atoms with Crippen molar-refractivity contribution in [2.45, 2.75) is 24.4 Å². The Kier molecular flexibility index (Phi) is 9.64. The van der Waals surface area contributed by atoms with Crippen molar-refractivity contribution in [1.82, 2.24) is 4.90 Å². The Labute approximate surface area is 205 Å². The van der Waals surface area contributed by atoms with Crippen molar-refractivity contribution < 1.29 is 45.8 Å². The van der Waals surface area contributed by atoms with Crippen LogP contribution in [-0.2, 0) is 14.8 Å².